The Morgan fingerprint density at radius 1 is 1.16 bits per heavy atom. The van der Waals surface area contributed by atoms with E-state index in [1.54, 1.807) is 18.3 Å². The van der Waals surface area contributed by atoms with Crippen LogP contribution in [0.4, 0.5) is 5.00 Å². The molecule has 192 valence electrons. The van der Waals surface area contributed by atoms with Crippen LogP contribution in [0, 0.1) is 6.92 Å². The SMILES string of the molecule is CCOC(=O)c1c(NC(=O)CSc2nnc(-c3csc(C)c3-c3ccccc3)n2CC)sc2c1CCC2. The molecule has 0 fully saturated rings. The highest BCUT2D eigenvalue weighted by atomic mass is 32.2. The zero-order valence-electron chi connectivity index (χ0n) is 21.0. The monoisotopic (exact) mass is 552 g/mol. The summed E-state index contributed by atoms with van der Waals surface area (Å²) in [5.74, 6) is 0.421. The fourth-order valence-electron chi connectivity index (χ4n) is 4.67. The van der Waals surface area contributed by atoms with E-state index in [2.05, 4.69) is 51.4 Å². The molecule has 0 aliphatic heterocycles. The van der Waals surface area contributed by atoms with Gasteiger partial charge in [0.05, 0.1) is 17.9 Å². The number of hydrogen-bond donors (Lipinski definition) is 1. The first kappa shape index (κ1) is 25.7. The van der Waals surface area contributed by atoms with Crippen LogP contribution < -0.4 is 5.32 Å². The summed E-state index contributed by atoms with van der Waals surface area (Å²) in [5.41, 5.74) is 4.92. The summed E-state index contributed by atoms with van der Waals surface area (Å²) in [4.78, 5) is 27.9. The first-order chi connectivity index (χ1) is 18.0. The molecule has 37 heavy (non-hydrogen) atoms. The third-order valence-electron chi connectivity index (χ3n) is 6.30. The van der Waals surface area contributed by atoms with Crippen LogP contribution in [0.15, 0.2) is 40.9 Å². The lowest BCUT2D eigenvalue weighted by Gasteiger charge is -2.10. The molecule has 1 aliphatic rings. The van der Waals surface area contributed by atoms with Crippen LogP contribution in [0.5, 0.6) is 0 Å². The number of amides is 1. The van der Waals surface area contributed by atoms with E-state index in [0.717, 1.165) is 41.8 Å². The van der Waals surface area contributed by atoms with Gasteiger partial charge in [0, 0.05) is 32.8 Å². The lowest BCUT2D eigenvalue weighted by molar-refractivity contribution is -0.113. The van der Waals surface area contributed by atoms with Crippen molar-refractivity contribution in [3.05, 3.63) is 56.6 Å². The smallest absolute Gasteiger partial charge is 0.341 e. The molecule has 3 aromatic heterocycles. The number of esters is 1. The number of rotatable bonds is 9. The van der Waals surface area contributed by atoms with E-state index in [1.807, 2.05) is 18.2 Å². The van der Waals surface area contributed by atoms with E-state index in [1.165, 1.54) is 38.4 Å². The number of aromatic nitrogens is 3. The van der Waals surface area contributed by atoms with Crippen molar-refractivity contribution in [2.24, 2.45) is 0 Å². The maximum atomic E-state index is 12.9. The van der Waals surface area contributed by atoms with E-state index in [0.29, 0.717) is 28.9 Å². The second-order valence-electron chi connectivity index (χ2n) is 8.62. The van der Waals surface area contributed by atoms with Crippen LogP contribution in [-0.4, -0.2) is 39.0 Å². The number of thioether (sulfide) groups is 1. The molecule has 0 saturated carbocycles. The Morgan fingerprint density at radius 3 is 2.73 bits per heavy atom. The molecular formula is C27H28N4O3S3. The molecule has 0 radical (unpaired) electrons. The molecule has 4 aromatic rings. The average molecular weight is 553 g/mol. The van der Waals surface area contributed by atoms with Gasteiger partial charge in [-0.3, -0.25) is 4.79 Å². The summed E-state index contributed by atoms with van der Waals surface area (Å²) < 4.78 is 7.32. The maximum Gasteiger partial charge on any atom is 0.341 e. The highest BCUT2D eigenvalue weighted by Crippen LogP contribution is 2.41. The number of thiophene rings is 2. The van der Waals surface area contributed by atoms with Gasteiger partial charge in [0.25, 0.3) is 0 Å². The Morgan fingerprint density at radius 2 is 1.97 bits per heavy atom. The van der Waals surface area contributed by atoms with Gasteiger partial charge in [-0.05, 0) is 51.2 Å². The topological polar surface area (TPSA) is 86.1 Å². The highest BCUT2D eigenvalue weighted by Gasteiger charge is 2.28. The number of fused-ring (bicyclic) bond motifs is 1. The molecule has 1 aromatic carbocycles. The number of nitrogens with one attached hydrogen (secondary N) is 1. The van der Waals surface area contributed by atoms with Gasteiger partial charge in [0.15, 0.2) is 11.0 Å². The van der Waals surface area contributed by atoms with Crippen LogP contribution in [0.2, 0.25) is 0 Å². The zero-order valence-corrected chi connectivity index (χ0v) is 23.4. The fourth-order valence-corrected chi connectivity index (χ4v) is 7.63. The molecule has 1 amide bonds. The van der Waals surface area contributed by atoms with E-state index < -0.39 is 0 Å². The minimum atomic E-state index is -0.361. The summed E-state index contributed by atoms with van der Waals surface area (Å²) in [7, 11) is 0. The molecule has 0 spiro atoms. The second-order valence-corrected chi connectivity index (χ2v) is 11.7. The average Bonchev–Trinajstić information content (AvgIpc) is 3.66. The van der Waals surface area contributed by atoms with Crippen molar-refractivity contribution in [3.63, 3.8) is 0 Å². The van der Waals surface area contributed by atoms with Crippen molar-refractivity contribution in [1.82, 2.24) is 14.8 Å². The van der Waals surface area contributed by atoms with E-state index in [-0.39, 0.29) is 17.6 Å². The largest absolute Gasteiger partial charge is 0.462 e. The van der Waals surface area contributed by atoms with Crippen LogP contribution in [0.1, 0.15) is 45.9 Å². The Hall–Kier alpha value is -2.95. The minimum Gasteiger partial charge on any atom is -0.462 e. The standard InChI is InChI=1S/C27H28N4O3S3/c1-4-31-24(19-14-35-16(3)22(19)17-10-7-6-8-11-17)29-30-27(31)36-15-21(32)28-25-23(26(33)34-5-2)18-12-9-13-20(18)37-25/h6-8,10-11,14H,4-5,9,12-13,15H2,1-3H3,(H,28,32). The van der Waals surface area contributed by atoms with E-state index in [4.69, 9.17) is 4.74 Å². The van der Waals surface area contributed by atoms with Gasteiger partial charge >= 0.3 is 5.97 Å². The molecule has 0 unspecified atom stereocenters. The van der Waals surface area contributed by atoms with Crippen molar-refractivity contribution < 1.29 is 14.3 Å². The van der Waals surface area contributed by atoms with Gasteiger partial charge < -0.3 is 14.6 Å². The quantitative estimate of drug-likeness (QED) is 0.189. The summed E-state index contributed by atoms with van der Waals surface area (Å²) in [6, 6.07) is 10.3. The summed E-state index contributed by atoms with van der Waals surface area (Å²) in [6.45, 7) is 6.94. The third-order valence-corrected chi connectivity index (χ3v) is 9.38. The molecule has 7 nitrogen and oxygen atoms in total. The second kappa shape index (κ2) is 11.2. The van der Waals surface area contributed by atoms with Crippen LogP contribution in [0.25, 0.3) is 22.5 Å². The Bertz CT molecular complexity index is 1440. The predicted molar refractivity (Wildman–Crippen MR) is 151 cm³/mol. The highest BCUT2D eigenvalue weighted by molar-refractivity contribution is 7.99. The van der Waals surface area contributed by atoms with Crippen molar-refractivity contribution in [2.45, 2.75) is 51.7 Å². The predicted octanol–water partition coefficient (Wildman–Crippen LogP) is 6.46. The van der Waals surface area contributed by atoms with Crippen LogP contribution in [-0.2, 0) is 28.9 Å². The van der Waals surface area contributed by atoms with Gasteiger partial charge in [-0.2, -0.15) is 0 Å². The lowest BCUT2D eigenvalue weighted by atomic mass is 10.0. The first-order valence-corrected chi connectivity index (χ1v) is 15.0. The van der Waals surface area contributed by atoms with Crippen molar-refractivity contribution in [1.29, 1.82) is 0 Å². The molecule has 3 heterocycles. The molecule has 1 aliphatic carbocycles. The molecule has 0 saturated heterocycles. The number of ether oxygens (including phenoxy) is 1. The van der Waals surface area contributed by atoms with Crippen LogP contribution >= 0.6 is 34.4 Å². The van der Waals surface area contributed by atoms with Gasteiger partial charge in [0.1, 0.15) is 5.00 Å². The summed E-state index contributed by atoms with van der Waals surface area (Å²) >= 11 is 4.53. The van der Waals surface area contributed by atoms with Gasteiger partial charge in [-0.25, -0.2) is 4.79 Å². The Balaban J connectivity index is 1.34. The van der Waals surface area contributed by atoms with E-state index in [9.17, 15) is 9.59 Å². The van der Waals surface area contributed by atoms with Crippen molar-refractivity contribution in [3.8, 4) is 22.5 Å². The number of benzene rings is 1. The molecule has 5 rings (SSSR count). The summed E-state index contributed by atoms with van der Waals surface area (Å²) in [5, 5.41) is 15.3. The fraction of sp³-hybridized carbons (Fsp3) is 0.333. The van der Waals surface area contributed by atoms with Crippen LogP contribution in [0.3, 0.4) is 0 Å². The zero-order chi connectivity index (χ0) is 25.9. The number of hydrogen-bond acceptors (Lipinski definition) is 8. The maximum absolute atomic E-state index is 12.9. The minimum absolute atomic E-state index is 0.164. The first-order valence-electron chi connectivity index (χ1n) is 12.3. The summed E-state index contributed by atoms with van der Waals surface area (Å²) in [6.07, 6.45) is 2.81. The molecular weight excluding hydrogens is 525 g/mol. The Labute approximate surface area is 228 Å². The molecule has 0 bridgehead atoms. The molecule has 0 atom stereocenters. The van der Waals surface area contributed by atoms with Gasteiger partial charge in [-0.1, -0.05) is 42.1 Å². The van der Waals surface area contributed by atoms with Crippen molar-refractivity contribution >= 4 is 51.3 Å². The number of carbonyl (C=O) groups excluding carboxylic acids is 2. The van der Waals surface area contributed by atoms with E-state index >= 15 is 0 Å². The van der Waals surface area contributed by atoms with Gasteiger partial charge in [-0.15, -0.1) is 32.9 Å². The number of aryl methyl sites for hydroxylation is 2. The van der Waals surface area contributed by atoms with Gasteiger partial charge in [0.2, 0.25) is 5.91 Å². The lowest BCUT2D eigenvalue weighted by Crippen LogP contribution is -2.17. The van der Waals surface area contributed by atoms with Crippen molar-refractivity contribution in [2.75, 3.05) is 17.7 Å². The Kier molecular flexibility index (Phi) is 7.78. The number of nitrogens with zero attached hydrogens (tertiary/aromatic N) is 3. The number of anilines is 1. The molecule has 10 heteroatoms. The molecule has 1 N–H and O–H groups in total. The third kappa shape index (κ3) is 5.10. The number of carbonyl (C=O) groups is 2. The normalized spacial score (nSPS) is 12.5.